The first-order chi connectivity index (χ1) is 21.4. The number of aromatic hydroxyl groups is 1. The van der Waals surface area contributed by atoms with Crippen molar-refractivity contribution in [3.8, 4) is 28.7 Å². The van der Waals surface area contributed by atoms with Crippen LogP contribution in [0.25, 0.3) is 0 Å². The minimum Gasteiger partial charge on any atom is -0.502 e. The first kappa shape index (κ1) is 29.5. The Morgan fingerprint density at radius 1 is 1.00 bits per heavy atom. The van der Waals surface area contributed by atoms with Gasteiger partial charge in [-0.2, -0.15) is 0 Å². The maximum atomic E-state index is 13.3. The SMILES string of the molecule is COC(=O)CCCCCn1cc(CO[C@@H]2c3cc4c(cc3[C@@H](c3cc(OC)c(O)c(OC)c3)[C@H]3C(=O)OC[C@@H]32)OCO4)nn1. The average molecular weight is 610 g/mol. The second-order valence-corrected chi connectivity index (χ2v) is 11.0. The topological polar surface area (TPSA) is 150 Å². The number of carbonyl (C=O) groups excluding carboxylic acids is 2. The molecular formula is C31H35N3O10. The molecule has 2 aromatic carbocycles. The fourth-order valence-corrected chi connectivity index (χ4v) is 6.33. The highest BCUT2D eigenvalue weighted by Crippen LogP contribution is 2.56. The summed E-state index contributed by atoms with van der Waals surface area (Å²) in [4.78, 5) is 24.6. The average Bonchev–Trinajstić information content (AvgIpc) is 3.78. The van der Waals surface area contributed by atoms with Gasteiger partial charge in [0, 0.05) is 24.8 Å². The molecule has 0 amide bonds. The van der Waals surface area contributed by atoms with Crippen LogP contribution in [0.2, 0.25) is 0 Å². The van der Waals surface area contributed by atoms with E-state index in [-0.39, 0.29) is 55.1 Å². The summed E-state index contributed by atoms with van der Waals surface area (Å²) in [7, 11) is 4.31. The molecule has 4 atom stereocenters. The number of phenols is 1. The molecule has 0 radical (unpaired) electrons. The Balaban J connectivity index is 1.27. The lowest BCUT2D eigenvalue weighted by molar-refractivity contribution is -0.142. The van der Waals surface area contributed by atoms with Crippen molar-refractivity contribution in [1.82, 2.24) is 15.0 Å². The number of aromatic nitrogens is 3. The van der Waals surface area contributed by atoms with Crippen LogP contribution in [-0.4, -0.2) is 66.8 Å². The Kier molecular flexibility index (Phi) is 8.47. The zero-order valence-corrected chi connectivity index (χ0v) is 24.8. The number of cyclic esters (lactones) is 1. The van der Waals surface area contributed by atoms with E-state index in [1.807, 2.05) is 18.3 Å². The van der Waals surface area contributed by atoms with Gasteiger partial charge in [-0.3, -0.25) is 14.3 Å². The molecule has 44 heavy (non-hydrogen) atoms. The van der Waals surface area contributed by atoms with Crippen molar-refractivity contribution < 1.29 is 47.9 Å². The highest BCUT2D eigenvalue weighted by molar-refractivity contribution is 5.79. The van der Waals surface area contributed by atoms with Gasteiger partial charge in [-0.05, 0) is 53.8 Å². The molecule has 3 heterocycles. The van der Waals surface area contributed by atoms with Gasteiger partial charge in [0.05, 0.1) is 52.8 Å². The first-order valence-electron chi connectivity index (χ1n) is 14.5. The van der Waals surface area contributed by atoms with Crippen molar-refractivity contribution in [2.24, 2.45) is 11.8 Å². The van der Waals surface area contributed by atoms with E-state index in [9.17, 15) is 14.7 Å². The van der Waals surface area contributed by atoms with Crippen LogP contribution < -0.4 is 18.9 Å². The van der Waals surface area contributed by atoms with Gasteiger partial charge >= 0.3 is 11.9 Å². The van der Waals surface area contributed by atoms with E-state index in [1.54, 1.807) is 16.8 Å². The molecule has 1 saturated heterocycles. The number of ether oxygens (including phenoxy) is 7. The Morgan fingerprint density at radius 3 is 2.43 bits per heavy atom. The van der Waals surface area contributed by atoms with Gasteiger partial charge in [-0.15, -0.1) is 5.10 Å². The van der Waals surface area contributed by atoms with E-state index in [4.69, 9.17) is 28.4 Å². The summed E-state index contributed by atoms with van der Waals surface area (Å²) in [6.07, 6.45) is 4.21. The van der Waals surface area contributed by atoms with E-state index in [0.29, 0.717) is 30.2 Å². The van der Waals surface area contributed by atoms with Crippen molar-refractivity contribution in [2.75, 3.05) is 34.7 Å². The lowest BCUT2D eigenvalue weighted by atomic mass is 9.66. The van der Waals surface area contributed by atoms with Crippen LogP contribution in [0, 0.1) is 11.8 Å². The summed E-state index contributed by atoms with van der Waals surface area (Å²) in [5.74, 6) is -0.370. The molecule has 3 aliphatic rings. The lowest BCUT2D eigenvalue weighted by Gasteiger charge is -2.39. The number of aryl methyl sites for hydroxylation is 1. The summed E-state index contributed by atoms with van der Waals surface area (Å²) in [6, 6.07) is 7.24. The monoisotopic (exact) mass is 609 g/mol. The fourth-order valence-electron chi connectivity index (χ4n) is 6.33. The van der Waals surface area contributed by atoms with Gasteiger partial charge in [0.25, 0.3) is 0 Å². The largest absolute Gasteiger partial charge is 0.502 e. The molecule has 0 unspecified atom stereocenters. The number of carbonyl (C=O) groups is 2. The molecular weight excluding hydrogens is 574 g/mol. The number of esters is 2. The van der Waals surface area contributed by atoms with Crippen molar-refractivity contribution in [2.45, 2.75) is 50.9 Å². The molecule has 13 nitrogen and oxygen atoms in total. The number of nitrogens with zero attached hydrogens (tertiary/aromatic N) is 3. The number of unbranched alkanes of at least 4 members (excludes halogenated alkanes) is 2. The van der Waals surface area contributed by atoms with Crippen LogP contribution in [0.5, 0.6) is 28.7 Å². The van der Waals surface area contributed by atoms with Gasteiger partial charge in [-0.25, -0.2) is 0 Å². The molecule has 0 spiro atoms. The number of methoxy groups -OCH3 is 3. The maximum Gasteiger partial charge on any atom is 0.310 e. The van der Waals surface area contributed by atoms with Crippen molar-refractivity contribution in [1.29, 1.82) is 0 Å². The molecule has 234 valence electrons. The summed E-state index contributed by atoms with van der Waals surface area (Å²) in [6.45, 7) is 1.11. The molecule has 1 fully saturated rings. The minimum absolute atomic E-state index is 0.0932. The Bertz CT molecular complexity index is 1510. The highest BCUT2D eigenvalue weighted by Gasteiger charge is 2.53. The highest BCUT2D eigenvalue weighted by atomic mass is 16.7. The van der Waals surface area contributed by atoms with E-state index in [1.165, 1.54) is 21.3 Å². The summed E-state index contributed by atoms with van der Waals surface area (Å²) < 4.78 is 40.9. The van der Waals surface area contributed by atoms with Gasteiger partial charge in [0.2, 0.25) is 12.5 Å². The summed E-state index contributed by atoms with van der Waals surface area (Å²) in [5, 5.41) is 19.1. The quantitative estimate of drug-likeness (QED) is 0.236. The van der Waals surface area contributed by atoms with E-state index in [0.717, 1.165) is 36.0 Å². The van der Waals surface area contributed by atoms with Crippen molar-refractivity contribution in [3.05, 3.63) is 52.8 Å². The number of hydrogen-bond acceptors (Lipinski definition) is 12. The molecule has 1 N–H and O–H groups in total. The maximum absolute atomic E-state index is 13.3. The van der Waals surface area contributed by atoms with E-state index >= 15 is 0 Å². The second kappa shape index (κ2) is 12.6. The number of rotatable bonds is 12. The zero-order chi connectivity index (χ0) is 30.8. The van der Waals surface area contributed by atoms with Gasteiger partial charge in [-0.1, -0.05) is 11.6 Å². The van der Waals surface area contributed by atoms with Gasteiger partial charge in [0.1, 0.15) is 5.69 Å². The fraction of sp³-hybridized carbons (Fsp3) is 0.484. The summed E-state index contributed by atoms with van der Waals surface area (Å²) in [5.41, 5.74) is 3.05. The normalized spacial score (nSPS) is 21.4. The third-order valence-corrected chi connectivity index (χ3v) is 8.47. The Morgan fingerprint density at radius 2 is 1.73 bits per heavy atom. The summed E-state index contributed by atoms with van der Waals surface area (Å²) >= 11 is 0. The smallest absolute Gasteiger partial charge is 0.310 e. The third-order valence-electron chi connectivity index (χ3n) is 8.47. The van der Waals surface area contributed by atoms with Gasteiger partial charge in [0.15, 0.2) is 23.0 Å². The van der Waals surface area contributed by atoms with Crippen molar-refractivity contribution in [3.63, 3.8) is 0 Å². The lowest BCUT2D eigenvalue weighted by Crippen LogP contribution is -2.35. The minimum atomic E-state index is -0.576. The van der Waals surface area contributed by atoms with E-state index < -0.39 is 17.9 Å². The Labute approximate surface area is 253 Å². The van der Waals surface area contributed by atoms with Crippen molar-refractivity contribution >= 4 is 11.9 Å². The standard InChI is InChI=1S/C31H35N3O10/c1-38-24-9-17(10-25(39-2)29(24)36)27-19-11-22-23(44-16-43-22)12-20(19)30(21-15-42-31(37)28(21)27)41-14-18-13-34(33-32-18)8-6-4-5-7-26(35)40-3/h9-13,21,27-28,30,36H,4-8,14-16H2,1-3H3/t21-,27+,28-,30+/m0/s1. The molecule has 2 aliphatic heterocycles. The predicted octanol–water partition coefficient (Wildman–Crippen LogP) is 3.66. The third kappa shape index (κ3) is 5.59. The van der Waals surface area contributed by atoms with Crippen LogP contribution in [0.1, 0.15) is 60.1 Å². The van der Waals surface area contributed by atoms with E-state index in [2.05, 4.69) is 15.0 Å². The molecule has 13 heteroatoms. The molecule has 6 rings (SSSR count). The Hall–Kier alpha value is -4.52. The van der Waals surface area contributed by atoms with Crippen LogP contribution in [0.15, 0.2) is 30.5 Å². The van der Waals surface area contributed by atoms with Crippen LogP contribution in [-0.2, 0) is 37.0 Å². The van der Waals surface area contributed by atoms with Crippen LogP contribution in [0.4, 0.5) is 0 Å². The molecule has 3 aromatic rings. The number of hydrogen-bond donors (Lipinski definition) is 1. The number of fused-ring (bicyclic) bond motifs is 3. The number of benzene rings is 2. The molecule has 1 aromatic heterocycles. The molecule has 1 aliphatic carbocycles. The first-order valence-corrected chi connectivity index (χ1v) is 14.5. The predicted molar refractivity (Wildman–Crippen MR) is 152 cm³/mol. The molecule has 0 saturated carbocycles. The number of phenolic OH excluding ortho intramolecular Hbond substituents is 1. The zero-order valence-electron chi connectivity index (χ0n) is 24.8. The van der Waals surface area contributed by atoms with Crippen LogP contribution >= 0.6 is 0 Å². The van der Waals surface area contributed by atoms with Gasteiger partial charge < -0.3 is 38.3 Å². The molecule has 0 bridgehead atoms. The second-order valence-electron chi connectivity index (χ2n) is 11.0. The van der Waals surface area contributed by atoms with Crippen LogP contribution in [0.3, 0.4) is 0 Å².